The Labute approximate surface area is 134 Å². The Balaban J connectivity index is 1.64. The van der Waals surface area contributed by atoms with Crippen molar-refractivity contribution in [3.05, 3.63) is 17.5 Å². The maximum Gasteiger partial charge on any atom is 0.229 e. The number of hydrogen-bond donors (Lipinski definition) is 1. The zero-order chi connectivity index (χ0) is 15.5. The van der Waals surface area contributed by atoms with Gasteiger partial charge in [-0.15, -0.1) is 10.2 Å². The van der Waals surface area contributed by atoms with Gasteiger partial charge >= 0.3 is 0 Å². The highest BCUT2D eigenvalue weighted by molar-refractivity contribution is 7.98. The first-order chi connectivity index (χ1) is 10.6. The number of nitrogens with zero attached hydrogens (tertiary/aromatic N) is 5. The lowest BCUT2D eigenvalue weighted by Crippen LogP contribution is -2.27. The van der Waals surface area contributed by atoms with Gasteiger partial charge in [0.15, 0.2) is 11.0 Å². The summed E-state index contributed by atoms with van der Waals surface area (Å²) >= 11 is 1.60. The SMILES string of the molecule is CC(C)c1nc(CSc2nnc(C3CCNCC3)n2C)no1. The van der Waals surface area contributed by atoms with Crippen molar-refractivity contribution in [1.29, 1.82) is 0 Å². The largest absolute Gasteiger partial charge is 0.339 e. The minimum absolute atomic E-state index is 0.257. The van der Waals surface area contributed by atoms with Gasteiger partial charge in [0.2, 0.25) is 5.89 Å². The van der Waals surface area contributed by atoms with Crippen molar-refractivity contribution >= 4 is 11.8 Å². The molecule has 0 unspecified atom stereocenters. The third-order valence-electron chi connectivity index (χ3n) is 3.88. The van der Waals surface area contributed by atoms with Crippen molar-refractivity contribution in [3.63, 3.8) is 0 Å². The molecule has 1 aliphatic heterocycles. The monoisotopic (exact) mass is 322 g/mol. The Kier molecular flexibility index (Phi) is 4.77. The molecule has 8 heteroatoms. The second-order valence-corrected chi connectivity index (χ2v) is 6.86. The maximum absolute atomic E-state index is 5.22. The minimum Gasteiger partial charge on any atom is -0.339 e. The second kappa shape index (κ2) is 6.78. The predicted molar refractivity (Wildman–Crippen MR) is 83.8 cm³/mol. The third-order valence-corrected chi connectivity index (χ3v) is 4.90. The number of piperidine rings is 1. The van der Waals surface area contributed by atoms with Crippen molar-refractivity contribution in [2.24, 2.45) is 7.05 Å². The number of hydrogen-bond acceptors (Lipinski definition) is 7. The van der Waals surface area contributed by atoms with Crippen molar-refractivity contribution < 1.29 is 4.52 Å². The summed E-state index contributed by atoms with van der Waals surface area (Å²) in [7, 11) is 2.04. The highest BCUT2D eigenvalue weighted by Crippen LogP contribution is 2.27. The number of aromatic nitrogens is 5. The smallest absolute Gasteiger partial charge is 0.229 e. The first kappa shape index (κ1) is 15.5. The Morgan fingerprint density at radius 3 is 2.77 bits per heavy atom. The normalized spacial score (nSPS) is 16.5. The van der Waals surface area contributed by atoms with Crippen LogP contribution in [0.15, 0.2) is 9.68 Å². The van der Waals surface area contributed by atoms with Crippen molar-refractivity contribution in [3.8, 4) is 0 Å². The molecule has 0 saturated carbocycles. The van der Waals surface area contributed by atoms with Crippen LogP contribution in [0.1, 0.15) is 56.1 Å². The molecule has 120 valence electrons. The summed E-state index contributed by atoms with van der Waals surface area (Å²) in [6.07, 6.45) is 2.25. The zero-order valence-corrected chi connectivity index (χ0v) is 14.1. The van der Waals surface area contributed by atoms with Gasteiger partial charge in [-0.2, -0.15) is 4.98 Å². The molecular formula is C14H22N6OS. The summed E-state index contributed by atoms with van der Waals surface area (Å²) in [5.74, 6) is 3.89. The second-order valence-electron chi connectivity index (χ2n) is 5.92. The quantitative estimate of drug-likeness (QED) is 0.844. The van der Waals surface area contributed by atoms with Crippen LogP contribution >= 0.6 is 11.8 Å². The molecule has 0 aliphatic carbocycles. The van der Waals surface area contributed by atoms with Crippen LogP contribution in [0.3, 0.4) is 0 Å². The van der Waals surface area contributed by atoms with Crippen LogP contribution in [0.25, 0.3) is 0 Å². The van der Waals surface area contributed by atoms with E-state index in [9.17, 15) is 0 Å². The molecule has 7 nitrogen and oxygen atoms in total. The van der Waals surface area contributed by atoms with Crippen LogP contribution in [0.5, 0.6) is 0 Å². The number of thioether (sulfide) groups is 1. The Bertz CT molecular complexity index is 617. The molecule has 0 aromatic carbocycles. The van der Waals surface area contributed by atoms with E-state index in [1.807, 2.05) is 20.9 Å². The average molecular weight is 322 g/mol. The van der Waals surface area contributed by atoms with Gasteiger partial charge in [0.1, 0.15) is 5.82 Å². The van der Waals surface area contributed by atoms with Gasteiger partial charge < -0.3 is 14.4 Å². The van der Waals surface area contributed by atoms with Crippen LogP contribution in [0, 0.1) is 0 Å². The van der Waals surface area contributed by atoms with Gasteiger partial charge in [-0.1, -0.05) is 30.8 Å². The first-order valence-corrected chi connectivity index (χ1v) is 8.69. The molecule has 1 saturated heterocycles. The zero-order valence-electron chi connectivity index (χ0n) is 13.2. The van der Waals surface area contributed by atoms with Crippen LogP contribution < -0.4 is 5.32 Å². The third kappa shape index (κ3) is 3.33. The van der Waals surface area contributed by atoms with Gasteiger partial charge in [-0.05, 0) is 25.9 Å². The molecule has 0 bridgehead atoms. The molecule has 1 fully saturated rings. The molecule has 0 atom stereocenters. The highest BCUT2D eigenvalue weighted by atomic mass is 32.2. The van der Waals surface area contributed by atoms with E-state index in [2.05, 4.69) is 30.2 Å². The highest BCUT2D eigenvalue weighted by Gasteiger charge is 2.22. The number of nitrogens with one attached hydrogen (secondary N) is 1. The van der Waals surface area contributed by atoms with Gasteiger partial charge in [0, 0.05) is 18.9 Å². The number of rotatable bonds is 5. The van der Waals surface area contributed by atoms with E-state index < -0.39 is 0 Å². The molecule has 1 N–H and O–H groups in total. The molecule has 3 heterocycles. The van der Waals surface area contributed by atoms with Crippen LogP contribution in [-0.4, -0.2) is 38.0 Å². The topological polar surface area (TPSA) is 81.7 Å². The Morgan fingerprint density at radius 1 is 1.32 bits per heavy atom. The fourth-order valence-electron chi connectivity index (χ4n) is 2.58. The maximum atomic E-state index is 5.22. The summed E-state index contributed by atoms with van der Waals surface area (Å²) in [6, 6.07) is 0. The standard InChI is InChI=1S/C14H22N6OS/c1-9(2)13-16-11(19-21-13)8-22-14-18-17-12(20(14)3)10-4-6-15-7-5-10/h9-10,15H,4-8H2,1-3H3. The molecular weight excluding hydrogens is 300 g/mol. The lowest BCUT2D eigenvalue weighted by Gasteiger charge is -2.21. The summed E-state index contributed by atoms with van der Waals surface area (Å²) in [4.78, 5) is 4.39. The predicted octanol–water partition coefficient (Wildman–Crippen LogP) is 2.08. The summed E-state index contributed by atoms with van der Waals surface area (Å²) in [5, 5.41) is 17.0. The van der Waals surface area contributed by atoms with E-state index in [1.54, 1.807) is 11.8 Å². The molecule has 0 amide bonds. The van der Waals surface area contributed by atoms with E-state index >= 15 is 0 Å². The molecule has 2 aromatic heterocycles. The Hall–Kier alpha value is -1.41. The van der Waals surface area contributed by atoms with E-state index in [0.717, 1.165) is 36.9 Å². The molecule has 3 rings (SSSR count). The summed E-state index contributed by atoms with van der Waals surface area (Å²) < 4.78 is 7.32. The van der Waals surface area contributed by atoms with Gasteiger partial charge in [0.25, 0.3) is 0 Å². The van der Waals surface area contributed by atoms with E-state index in [4.69, 9.17) is 4.52 Å². The van der Waals surface area contributed by atoms with E-state index in [0.29, 0.717) is 23.4 Å². The van der Waals surface area contributed by atoms with Crippen LogP contribution in [-0.2, 0) is 12.8 Å². The molecule has 1 aliphatic rings. The fourth-order valence-corrected chi connectivity index (χ4v) is 3.34. The van der Waals surface area contributed by atoms with Gasteiger partial charge in [-0.3, -0.25) is 0 Å². The molecule has 0 spiro atoms. The average Bonchev–Trinajstić information content (AvgIpc) is 3.13. The molecule has 2 aromatic rings. The van der Waals surface area contributed by atoms with Crippen LogP contribution in [0.4, 0.5) is 0 Å². The van der Waals surface area contributed by atoms with Crippen molar-refractivity contribution in [2.45, 2.75) is 49.4 Å². The van der Waals surface area contributed by atoms with Crippen molar-refractivity contribution in [1.82, 2.24) is 30.2 Å². The van der Waals surface area contributed by atoms with Gasteiger partial charge in [-0.25, -0.2) is 0 Å². The van der Waals surface area contributed by atoms with Crippen molar-refractivity contribution in [2.75, 3.05) is 13.1 Å². The van der Waals surface area contributed by atoms with E-state index in [-0.39, 0.29) is 5.92 Å². The Morgan fingerprint density at radius 2 is 2.09 bits per heavy atom. The fraction of sp³-hybridized carbons (Fsp3) is 0.714. The van der Waals surface area contributed by atoms with Gasteiger partial charge in [0.05, 0.1) is 5.75 Å². The lowest BCUT2D eigenvalue weighted by molar-refractivity contribution is 0.362. The molecule has 0 radical (unpaired) electrons. The first-order valence-electron chi connectivity index (χ1n) is 7.70. The summed E-state index contributed by atoms with van der Waals surface area (Å²) in [6.45, 7) is 6.19. The summed E-state index contributed by atoms with van der Waals surface area (Å²) in [5.41, 5.74) is 0. The van der Waals surface area contributed by atoms with E-state index in [1.165, 1.54) is 0 Å². The van der Waals surface area contributed by atoms with Crippen LogP contribution in [0.2, 0.25) is 0 Å². The minimum atomic E-state index is 0.257. The molecule has 22 heavy (non-hydrogen) atoms. The lowest BCUT2D eigenvalue weighted by atomic mass is 9.97.